The fourth-order valence-electron chi connectivity index (χ4n) is 2.23. The van der Waals surface area contributed by atoms with E-state index in [0.29, 0.717) is 6.42 Å². The van der Waals surface area contributed by atoms with E-state index in [2.05, 4.69) is 31.0 Å². The molecule has 4 heteroatoms. The van der Waals surface area contributed by atoms with Crippen LogP contribution in [0.15, 0.2) is 47.8 Å². The number of thiophene rings is 1. The van der Waals surface area contributed by atoms with Crippen molar-refractivity contribution in [3.63, 3.8) is 0 Å². The highest BCUT2D eigenvalue weighted by Crippen LogP contribution is 2.16. The Bertz CT molecular complexity index is 553. The maximum absolute atomic E-state index is 12.5. The van der Waals surface area contributed by atoms with Gasteiger partial charge < -0.3 is 4.90 Å². The predicted octanol–water partition coefficient (Wildman–Crippen LogP) is 3.68. The molecule has 2 nitrogen and oxygen atoms in total. The summed E-state index contributed by atoms with van der Waals surface area (Å²) < 4.78 is 0. The Labute approximate surface area is 136 Å². The first kappa shape index (κ1) is 16.1. The Morgan fingerprint density at radius 1 is 1.19 bits per heavy atom. The van der Waals surface area contributed by atoms with Crippen molar-refractivity contribution in [2.24, 2.45) is 0 Å². The highest BCUT2D eigenvalue weighted by Gasteiger charge is 2.22. The Hall–Kier alpha value is -1.26. The molecule has 21 heavy (non-hydrogen) atoms. The third-order valence-electron chi connectivity index (χ3n) is 3.64. The van der Waals surface area contributed by atoms with Crippen LogP contribution in [0.5, 0.6) is 0 Å². The summed E-state index contributed by atoms with van der Waals surface area (Å²) in [6.07, 6.45) is 1.56. The van der Waals surface area contributed by atoms with E-state index in [4.69, 9.17) is 0 Å². The van der Waals surface area contributed by atoms with E-state index in [-0.39, 0.29) is 17.2 Å². The summed E-state index contributed by atoms with van der Waals surface area (Å²) in [7, 11) is 1.87. The molecule has 2 aromatic rings. The van der Waals surface area contributed by atoms with Gasteiger partial charge in [-0.3, -0.25) is 4.79 Å². The summed E-state index contributed by atoms with van der Waals surface area (Å²) in [5, 5.41) is 1.78. The Morgan fingerprint density at radius 3 is 2.52 bits per heavy atom. The average Bonchev–Trinajstić information content (AvgIpc) is 2.99. The average molecular weight is 319 g/mol. The number of likely N-dealkylation sites (N-methyl/N-ethyl adjacent to an activating group) is 1. The van der Waals surface area contributed by atoms with Gasteiger partial charge in [-0.05, 0) is 30.4 Å². The first-order chi connectivity index (χ1) is 10.1. The lowest BCUT2D eigenvalue weighted by Crippen LogP contribution is -2.41. The van der Waals surface area contributed by atoms with Crippen molar-refractivity contribution in [1.29, 1.82) is 0 Å². The summed E-state index contributed by atoms with van der Waals surface area (Å²) in [6.45, 7) is 2.08. The van der Waals surface area contributed by atoms with Crippen molar-refractivity contribution < 1.29 is 4.79 Å². The van der Waals surface area contributed by atoms with Gasteiger partial charge in [0.25, 0.3) is 0 Å². The second-order valence-electron chi connectivity index (χ2n) is 5.29. The molecule has 1 aromatic heterocycles. The SMILES string of the molecule is CC(Cc1cccs1)N(C)C(=O)C(S)Cc1ccccc1. The smallest absolute Gasteiger partial charge is 0.235 e. The number of carbonyl (C=O) groups is 1. The molecular weight excluding hydrogens is 298 g/mol. The molecule has 0 aliphatic carbocycles. The van der Waals surface area contributed by atoms with Crippen LogP contribution in [-0.4, -0.2) is 29.1 Å². The molecule has 0 N–H and O–H groups in total. The lowest BCUT2D eigenvalue weighted by atomic mass is 10.1. The van der Waals surface area contributed by atoms with Crippen molar-refractivity contribution in [3.8, 4) is 0 Å². The molecule has 0 bridgehead atoms. The third kappa shape index (κ3) is 4.61. The predicted molar refractivity (Wildman–Crippen MR) is 93.2 cm³/mol. The van der Waals surface area contributed by atoms with Gasteiger partial charge in [0.1, 0.15) is 0 Å². The third-order valence-corrected chi connectivity index (χ3v) is 4.94. The number of thiol groups is 1. The molecule has 0 spiro atoms. The molecule has 2 unspecified atom stereocenters. The lowest BCUT2D eigenvalue weighted by molar-refractivity contribution is -0.131. The summed E-state index contributed by atoms with van der Waals surface area (Å²) in [4.78, 5) is 15.6. The fraction of sp³-hybridized carbons (Fsp3) is 0.353. The molecule has 0 fully saturated rings. The zero-order valence-electron chi connectivity index (χ0n) is 12.4. The van der Waals surface area contributed by atoms with Gasteiger partial charge in [0.05, 0.1) is 5.25 Å². The van der Waals surface area contributed by atoms with Crippen LogP contribution in [-0.2, 0) is 17.6 Å². The van der Waals surface area contributed by atoms with E-state index in [1.807, 2.05) is 48.3 Å². The molecule has 0 saturated heterocycles. The molecule has 2 atom stereocenters. The van der Waals surface area contributed by atoms with Crippen LogP contribution in [0.2, 0.25) is 0 Å². The Morgan fingerprint density at radius 2 is 1.90 bits per heavy atom. The van der Waals surface area contributed by atoms with Gasteiger partial charge >= 0.3 is 0 Å². The molecule has 0 aliphatic heterocycles. The van der Waals surface area contributed by atoms with Crippen molar-refractivity contribution in [1.82, 2.24) is 4.90 Å². The minimum Gasteiger partial charge on any atom is -0.342 e. The second-order valence-corrected chi connectivity index (χ2v) is 6.94. The molecule has 1 amide bonds. The van der Waals surface area contributed by atoms with Crippen LogP contribution in [0.3, 0.4) is 0 Å². The molecule has 1 heterocycles. The zero-order chi connectivity index (χ0) is 15.2. The normalized spacial score (nSPS) is 13.7. The maximum atomic E-state index is 12.5. The minimum absolute atomic E-state index is 0.0891. The van der Waals surface area contributed by atoms with Gasteiger partial charge in [-0.1, -0.05) is 36.4 Å². The van der Waals surface area contributed by atoms with Gasteiger partial charge in [-0.2, -0.15) is 12.6 Å². The number of nitrogens with zero attached hydrogens (tertiary/aromatic N) is 1. The Balaban J connectivity index is 1.91. The number of rotatable bonds is 6. The highest BCUT2D eigenvalue weighted by atomic mass is 32.1. The summed E-state index contributed by atoms with van der Waals surface area (Å²) >= 11 is 6.23. The highest BCUT2D eigenvalue weighted by molar-refractivity contribution is 7.81. The molecule has 112 valence electrons. The first-order valence-electron chi connectivity index (χ1n) is 7.09. The van der Waals surface area contributed by atoms with Gasteiger partial charge in [-0.25, -0.2) is 0 Å². The minimum atomic E-state index is -0.289. The largest absolute Gasteiger partial charge is 0.342 e. The number of hydrogen-bond donors (Lipinski definition) is 1. The van der Waals surface area contributed by atoms with Crippen LogP contribution in [0, 0.1) is 0 Å². The topological polar surface area (TPSA) is 20.3 Å². The lowest BCUT2D eigenvalue weighted by Gasteiger charge is -2.27. The second kappa shape index (κ2) is 7.66. The van der Waals surface area contributed by atoms with E-state index < -0.39 is 0 Å². The zero-order valence-corrected chi connectivity index (χ0v) is 14.1. The van der Waals surface area contributed by atoms with E-state index in [0.717, 1.165) is 12.0 Å². The fourth-order valence-corrected chi connectivity index (χ4v) is 3.45. The van der Waals surface area contributed by atoms with E-state index >= 15 is 0 Å². The molecular formula is C17H21NOS2. The first-order valence-corrected chi connectivity index (χ1v) is 8.48. The molecule has 0 aliphatic rings. The van der Waals surface area contributed by atoms with E-state index in [9.17, 15) is 4.79 Å². The van der Waals surface area contributed by atoms with E-state index in [1.54, 1.807) is 11.3 Å². The van der Waals surface area contributed by atoms with Crippen LogP contribution in [0.1, 0.15) is 17.4 Å². The van der Waals surface area contributed by atoms with Crippen LogP contribution >= 0.6 is 24.0 Å². The van der Waals surface area contributed by atoms with Gasteiger partial charge in [0.2, 0.25) is 5.91 Å². The van der Waals surface area contributed by atoms with Gasteiger partial charge in [0, 0.05) is 24.4 Å². The number of benzene rings is 1. The number of carbonyl (C=O) groups excluding carboxylic acids is 1. The summed E-state index contributed by atoms with van der Waals surface area (Å²) in [5.41, 5.74) is 1.14. The molecule has 2 rings (SSSR count). The molecule has 0 saturated carbocycles. The molecule has 0 radical (unpaired) electrons. The molecule has 1 aromatic carbocycles. The number of amides is 1. The standard InChI is InChI=1S/C17H21NOS2/c1-13(11-15-9-6-10-21-15)18(2)17(19)16(20)12-14-7-4-3-5-8-14/h3-10,13,16,20H,11-12H2,1-2H3. The van der Waals surface area contributed by atoms with Crippen LogP contribution < -0.4 is 0 Å². The quantitative estimate of drug-likeness (QED) is 0.805. The number of hydrogen-bond acceptors (Lipinski definition) is 3. The van der Waals surface area contributed by atoms with Crippen molar-refractivity contribution >= 4 is 29.9 Å². The Kier molecular flexibility index (Phi) is 5.88. The van der Waals surface area contributed by atoms with Crippen molar-refractivity contribution in [2.75, 3.05) is 7.05 Å². The van der Waals surface area contributed by atoms with Crippen molar-refractivity contribution in [3.05, 3.63) is 58.3 Å². The van der Waals surface area contributed by atoms with Crippen LogP contribution in [0.25, 0.3) is 0 Å². The summed E-state index contributed by atoms with van der Waals surface area (Å²) in [5.74, 6) is 0.0891. The van der Waals surface area contributed by atoms with E-state index in [1.165, 1.54) is 4.88 Å². The van der Waals surface area contributed by atoms with Crippen LogP contribution in [0.4, 0.5) is 0 Å². The van der Waals surface area contributed by atoms with Gasteiger partial charge in [0.15, 0.2) is 0 Å². The maximum Gasteiger partial charge on any atom is 0.235 e. The van der Waals surface area contributed by atoms with Crippen molar-refractivity contribution in [2.45, 2.75) is 31.1 Å². The van der Waals surface area contributed by atoms with Gasteiger partial charge in [-0.15, -0.1) is 11.3 Å². The summed E-state index contributed by atoms with van der Waals surface area (Å²) in [6, 6.07) is 14.4. The monoisotopic (exact) mass is 319 g/mol.